The van der Waals surface area contributed by atoms with E-state index in [0.29, 0.717) is 21.8 Å². The first-order valence-electron chi connectivity index (χ1n) is 8.52. The highest BCUT2D eigenvalue weighted by Crippen LogP contribution is 2.37. The third kappa shape index (κ3) is 4.37. The van der Waals surface area contributed by atoms with Crippen LogP contribution in [0.5, 0.6) is 5.75 Å². The molecule has 0 bridgehead atoms. The number of carbonyl (C=O) groups excluding carboxylic acids is 1. The van der Waals surface area contributed by atoms with Crippen molar-refractivity contribution in [3.63, 3.8) is 0 Å². The molecule has 3 aromatic rings. The van der Waals surface area contributed by atoms with Gasteiger partial charge in [-0.15, -0.1) is 0 Å². The summed E-state index contributed by atoms with van der Waals surface area (Å²) in [5.41, 5.74) is -0.0362. The zero-order valence-electron chi connectivity index (χ0n) is 15.4. The van der Waals surface area contributed by atoms with Crippen molar-refractivity contribution in [3.05, 3.63) is 58.7 Å². The number of fused-ring (bicyclic) bond motifs is 1. The van der Waals surface area contributed by atoms with E-state index in [1.807, 2.05) is 0 Å². The Morgan fingerprint density at radius 1 is 1.21 bits per heavy atom. The summed E-state index contributed by atoms with van der Waals surface area (Å²) in [5.74, 6) is -0.230. The molecule has 3 rings (SSSR count). The Morgan fingerprint density at radius 2 is 1.97 bits per heavy atom. The topological polar surface area (TPSA) is 60.5 Å². The highest BCUT2D eigenvalue weighted by Gasteiger charge is 2.31. The minimum atomic E-state index is -4.51. The number of alkyl halides is 3. The molecule has 152 valence electrons. The number of hydrogen-bond donors (Lipinski definition) is 1. The molecule has 0 fully saturated rings. The average Bonchev–Trinajstić information content (AvgIpc) is 2.67. The molecule has 0 aliphatic rings. The van der Waals surface area contributed by atoms with E-state index in [2.05, 4.69) is 10.3 Å². The van der Waals surface area contributed by atoms with Gasteiger partial charge in [-0.3, -0.25) is 4.98 Å². The van der Waals surface area contributed by atoms with Gasteiger partial charge in [-0.05, 0) is 37.3 Å². The molecule has 0 spiro atoms. The molecule has 29 heavy (non-hydrogen) atoms. The number of rotatable bonds is 5. The molecule has 0 unspecified atom stereocenters. The number of pyridine rings is 1. The van der Waals surface area contributed by atoms with Gasteiger partial charge in [0.25, 0.3) is 0 Å². The number of benzene rings is 2. The Kier molecular flexibility index (Phi) is 5.83. The number of aromatic nitrogens is 1. The largest absolute Gasteiger partial charge is 0.495 e. The normalized spacial score (nSPS) is 11.4. The number of ether oxygens (including phenoxy) is 2. The fraction of sp³-hybridized carbons (Fsp3) is 0.200. The zero-order valence-corrected chi connectivity index (χ0v) is 16.2. The summed E-state index contributed by atoms with van der Waals surface area (Å²) in [6.45, 7) is 1.78. The van der Waals surface area contributed by atoms with E-state index in [0.717, 1.165) is 12.1 Å². The Morgan fingerprint density at radius 3 is 2.62 bits per heavy atom. The molecule has 0 saturated heterocycles. The highest BCUT2D eigenvalue weighted by atomic mass is 35.5. The second kappa shape index (κ2) is 8.16. The van der Waals surface area contributed by atoms with Crippen molar-refractivity contribution in [2.24, 2.45) is 0 Å². The van der Waals surface area contributed by atoms with Gasteiger partial charge in [-0.2, -0.15) is 13.2 Å². The molecule has 0 aliphatic carbocycles. The molecule has 1 N–H and O–H groups in total. The molecule has 1 aromatic heterocycles. The third-order valence-electron chi connectivity index (χ3n) is 4.11. The van der Waals surface area contributed by atoms with Gasteiger partial charge < -0.3 is 14.8 Å². The van der Waals surface area contributed by atoms with Crippen molar-refractivity contribution in [1.29, 1.82) is 0 Å². The number of nitrogens with one attached hydrogen (secondary N) is 1. The number of nitrogens with zero attached hydrogens (tertiary/aromatic N) is 1. The zero-order chi connectivity index (χ0) is 21.2. The number of hydrogen-bond acceptors (Lipinski definition) is 5. The van der Waals surface area contributed by atoms with Crippen LogP contribution in [0.1, 0.15) is 22.8 Å². The predicted molar refractivity (Wildman–Crippen MR) is 104 cm³/mol. The van der Waals surface area contributed by atoms with Crippen LogP contribution in [0.15, 0.2) is 42.6 Å². The lowest BCUT2D eigenvalue weighted by Crippen LogP contribution is -2.10. The van der Waals surface area contributed by atoms with Gasteiger partial charge >= 0.3 is 12.1 Å². The molecule has 0 atom stereocenters. The molecular weight excluding hydrogens is 409 g/mol. The highest BCUT2D eigenvalue weighted by molar-refractivity contribution is 6.31. The van der Waals surface area contributed by atoms with Crippen molar-refractivity contribution in [2.75, 3.05) is 19.0 Å². The molecule has 1 heterocycles. The van der Waals surface area contributed by atoms with E-state index in [1.54, 1.807) is 25.1 Å². The maximum Gasteiger partial charge on any atom is 0.416 e. The number of halogens is 4. The fourth-order valence-electron chi connectivity index (χ4n) is 2.78. The maximum atomic E-state index is 13.1. The smallest absolute Gasteiger partial charge is 0.416 e. The SMILES string of the molecule is CCOC(=O)c1cnc2cc(C(F)(F)F)ccc2c1Nc1cc(Cl)ccc1OC. The van der Waals surface area contributed by atoms with Crippen LogP contribution >= 0.6 is 11.6 Å². The monoisotopic (exact) mass is 424 g/mol. The molecule has 0 saturated carbocycles. The summed E-state index contributed by atoms with van der Waals surface area (Å²) in [7, 11) is 1.46. The van der Waals surface area contributed by atoms with Crippen molar-refractivity contribution in [1.82, 2.24) is 4.98 Å². The van der Waals surface area contributed by atoms with Gasteiger partial charge in [0.2, 0.25) is 0 Å². The molecule has 2 aromatic carbocycles. The molecule has 0 radical (unpaired) electrons. The fourth-order valence-corrected chi connectivity index (χ4v) is 2.95. The van der Waals surface area contributed by atoms with Crippen LogP contribution in [0.3, 0.4) is 0 Å². The van der Waals surface area contributed by atoms with Crippen LogP contribution in [0.25, 0.3) is 10.9 Å². The summed E-state index contributed by atoms with van der Waals surface area (Å²) in [6, 6.07) is 7.93. The summed E-state index contributed by atoms with van der Waals surface area (Å²) in [6.07, 6.45) is -3.33. The summed E-state index contributed by atoms with van der Waals surface area (Å²) >= 11 is 6.06. The molecule has 5 nitrogen and oxygen atoms in total. The van der Waals surface area contributed by atoms with Crippen LogP contribution in [-0.2, 0) is 10.9 Å². The number of anilines is 2. The summed E-state index contributed by atoms with van der Waals surface area (Å²) in [5, 5.41) is 3.76. The number of methoxy groups -OCH3 is 1. The second-order valence-electron chi connectivity index (χ2n) is 5.97. The number of esters is 1. The Bertz CT molecular complexity index is 1070. The quantitative estimate of drug-likeness (QED) is 0.522. The van der Waals surface area contributed by atoms with Gasteiger partial charge in [-0.25, -0.2) is 4.79 Å². The van der Waals surface area contributed by atoms with Crippen LogP contribution < -0.4 is 10.1 Å². The van der Waals surface area contributed by atoms with Crippen LogP contribution in [-0.4, -0.2) is 24.7 Å². The van der Waals surface area contributed by atoms with E-state index >= 15 is 0 Å². The summed E-state index contributed by atoms with van der Waals surface area (Å²) in [4.78, 5) is 16.4. The van der Waals surface area contributed by atoms with Crippen molar-refractivity contribution in [2.45, 2.75) is 13.1 Å². The van der Waals surface area contributed by atoms with Gasteiger partial charge in [0.05, 0.1) is 36.2 Å². The van der Waals surface area contributed by atoms with E-state index in [9.17, 15) is 18.0 Å². The first-order valence-corrected chi connectivity index (χ1v) is 8.90. The Balaban J connectivity index is 2.21. The first kappa shape index (κ1) is 20.7. The Labute approximate surface area is 169 Å². The maximum absolute atomic E-state index is 13.1. The minimum Gasteiger partial charge on any atom is -0.495 e. The van der Waals surface area contributed by atoms with E-state index < -0.39 is 17.7 Å². The van der Waals surface area contributed by atoms with Crippen molar-refractivity contribution >= 4 is 39.8 Å². The van der Waals surface area contributed by atoms with Crippen LogP contribution in [0.4, 0.5) is 24.5 Å². The lowest BCUT2D eigenvalue weighted by molar-refractivity contribution is -0.137. The molecule has 0 amide bonds. The van der Waals surface area contributed by atoms with Crippen molar-refractivity contribution in [3.8, 4) is 5.75 Å². The molecule has 0 aliphatic heterocycles. The standard InChI is InChI=1S/C20H16ClF3N2O3/c1-3-29-19(27)14-10-25-15-8-11(20(22,23)24)4-6-13(15)18(14)26-16-9-12(21)5-7-17(16)28-2/h4-10H,3H2,1-2H3,(H,25,26). The van der Waals surface area contributed by atoms with Crippen LogP contribution in [0, 0.1) is 0 Å². The minimum absolute atomic E-state index is 0.0661. The van der Waals surface area contributed by atoms with Crippen molar-refractivity contribution < 1.29 is 27.4 Å². The lowest BCUT2D eigenvalue weighted by atomic mass is 10.1. The number of carbonyl (C=O) groups is 1. The summed E-state index contributed by atoms with van der Waals surface area (Å²) < 4.78 is 49.5. The van der Waals surface area contributed by atoms with Gasteiger partial charge in [0, 0.05) is 16.6 Å². The molecular formula is C20H16ClF3N2O3. The molecule has 9 heteroatoms. The predicted octanol–water partition coefficient (Wildman–Crippen LogP) is 5.84. The van der Waals surface area contributed by atoms with E-state index in [-0.39, 0.29) is 23.4 Å². The third-order valence-corrected chi connectivity index (χ3v) is 4.35. The van der Waals surface area contributed by atoms with Crippen LogP contribution in [0.2, 0.25) is 5.02 Å². The van der Waals surface area contributed by atoms with Gasteiger partial charge in [0.1, 0.15) is 11.3 Å². The van der Waals surface area contributed by atoms with Gasteiger partial charge in [-0.1, -0.05) is 17.7 Å². The lowest BCUT2D eigenvalue weighted by Gasteiger charge is -2.17. The second-order valence-corrected chi connectivity index (χ2v) is 6.40. The Hall–Kier alpha value is -3.00. The van der Waals surface area contributed by atoms with E-state index in [1.165, 1.54) is 19.4 Å². The van der Waals surface area contributed by atoms with E-state index in [4.69, 9.17) is 21.1 Å². The van der Waals surface area contributed by atoms with Gasteiger partial charge in [0.15, 0.2) is 0 Å². The first-order chi connectivity index (χ1) is 13.7. The average molecular weight is 425 g/mol.